The van der Waals surface area contributed by atoms with Crippen LogP contribution in [0.3, 0.4) is 0 Å². The zero-order valence-electron chi connectivity index (χ0n) is 14.9. The molecule has 0 unspecified atom stereocenters. The molecule has 2 heterocycles. The van der Waals surface area contributed by atoms with Crippen LogP contribution >= 0.6 is 0 Å². The second-order valence-corrected chi connectivity index (χ2v) is 7.61. The van der Waals surface area contributed by atoms with Crippen molar-refractivity contribution >= 4 is 16.8 Å². The summed E-state index contributed by atoms with van der Waals surface area (Å²) in [7, 11) is 0. The van der Waals surface area contributed by atoms with Gasteiger partial charge in [-0.2, -0.15) is 0 Å². The number of carbonyl (C=O) groups excluding carboxylic acids is 1. The van der Waals surface area contributed by atoms with Crippen molar-refractivity contribution in [3.63, 3.8) is 0 Å². The molecule has 1 saturated heterocycles. The molecule has 0 N–H and O–H groups in total. The molecule has 1 aliphatic heterocycles. The van der Waals surface area contributed by atoms with Crippen LogP contribution in [-0.2, 0) is 11.3 Å². The molecule has 6 heteroatoms. The summed E-state index contributed by atoms with van der Waals surface area (Å²) in [6.07, 6.45) is 7.76. The van der Waals surface area contributed by atoms with E-state index in [1.165, 1.54) is 37.4 Å². The maximum Gasteiger partial charge on any atom is 0.261 e. The lowest BCUT2D eigenvalue weighted by molar-refractivity contribution is -0.136. The molecular formula is C20H24FN3O2. The van der Waals surface area contributed by atoms with E-state index in [1.54, 1.807) is 4.57 Å². The largest absolute Gasteiger partial charge is 0.342 e. The molecular weight excluding hydrogens is 333 g/mol. The summed E-state index contributed by atoms with van der Waals surface area (Å²) in [5.74, 6) is 0.535. The van der Waals surface area contributed by atoms with Crippen molar-refractivity contribution in [1.29, 1.82) is 0 Å². The lowest BCUT2D eigenvalue weighted by Gasteiger charge is -2.33. The van der Waals surface area contributed by atoms with Gasteiger partial charge in [0.2, 0.25) is 5.91 Å². The quantitative estimate of drug-likeness (QED) is 0.849. The van der Waals surface area contributed by atoms with E-state index < -0.39 is 0 Å². The molecule has 1 aromatic carbocycles. The second-order valence-electron chi connectivity index (χ2n) is 7.61. The summed E-state index contributed by atoms with van der Waals surface area (Å²) < 4.78 is 14.9. The molecule has 1 saturated carbocycles. The van der Waals surface area contributed by atoms with Crippen LogP contribution in [0.1, 0.15) is 38.5 Å². The van der Waals surface area contributed by atoms with E-state index in [9.17, 15) is 14.0 Å². The van der Waals surface area contributed by atoms with Crippen LogP contribution in [0.4, 0.5) is 4.39 Å². The molecule has 0 atom stereocenters. The summed E-state index contributed by atoms with van der Waals surface area (Å²) in [5.41, 5.74) is 0.266. The Bertz CT molecular complexity index is 865. The van der Waals surface area contributed by atoms with Gasteiger partial charge >= 0.3 is 0 Å². The third-order valence-corrected chi connectivity index (χ3v) is 5.87. The Hall–Kier alpha value is -2.24. The fourth-order valence-electron chi connectivity index (χ4n) is 4.31. The molecule has 2 aliphatic rings. The van der Waals surface area contributed by atoms with Gasteiger partial charge in [-0.3, -0.25) is 14.2 Å². The normalized spacial score (nSPS) is 19.3. The zero-order valence-corrected chi connectivity index (χ0v) is 14.9. The minimum atomic E-state index is -0.388. The molecule has 0 radical (unpaired) electrons. The van der Waals surface area contributed by atoms with Gasteiger partial charge in [-0.15, -0.1) is 0 Å². The Labute approximate surface area is 151 Å². The Morgan fingerprint density at radius 1 is 1.15 bits per heavy atom. The zero-order chi connectivity index (χ0) is 18.1. The van der Waals surface area contributed by atoms with Gasteiger partial charge in [-0.25, -0.2) is 9.37 Å². The Morgan fingerprint density at radius 2 is 1.88 bits per heavy atom. The van der Waals surface area contributed by atoms with Gasteiger partial charge in [0.15, 0.2) is 0 Å². The van der Waals surface area contributed by atoms with E-state index in [2.05, 4.69) is 4.98 Å². The first-order valence-corrected chi connectivity index (χ1v) is 9.55. The van der Waals surface area contributed by atoms with Crippen molar-refractivity contribution in [2.75, 3.05) is 13.1 Å². The number of carbonyl (C=O) groups is 1. The van der Waals surface area contributed by atoms with Gasteiger partial charge in [0.25, 0.3) is 5.56 Å². The molecule has 4 rings (SSSR count). The first kappa shape index (κ1) is 17.2. The summed E-state index contributed by atoms with van der Waals surface area (Å²) in [4.78, 5) is 31.4. The van der Waals surface area contributed by atoms with Gasteiger partial charge in [0, 0.05) is 31.6 Å². The second kappa shape index (κ2) is 7.17. The van der Waals surface area contributed by atoms with E-state index in [1.807, 2.05) is 4.90 Å². The van der Waals surface area contributed by atoms with E-state index in [4.69, 9.17) is 0 Å². The molecule has 2 aromatic rings. The van der Waals surface area contributed by atoms with Gasteiger partial charge in [-0.05, 0) is 43.7 Å². The highest BCUT2D eigenvalue weighted by atomic mass is 19.1. The van der Waals surface area contributed by atoms with Crippen molar-refractivity contribution in [2.24, 2.45) is 11.8 Å². The summed E-state index contributed by atoms with van der Waals surface area (Å²) in [6, 6.07) is 4.08. The van der Waals surface area contributed by atoms with Crippen LogP contribution in [0.5, 0.6) is 0 Å². The van der Waals surface area contributed by atoms with Crippen LogP contribution in [0.15, 0.2) is 29.3 Å². The Balaban J connectivity index is 1.40. The van der Waals surface area contributed by atoms with Gasteiger partial charge in [0.05, 0.1) is 17.2 Å². The molecule has 2 fully saturated rings. The average molecular weight is 357 g/mol. The number of nitrogens with zero attached hydrogens (tertiary/aromatic N) is 3. The van der Waals surface area contributed by atoms with Crippen LogP contribution in [0.2, 0.25) is 0 Å². The maximum absolute atomic E-state index is 13.3. The number of piperidine rings is 1. The van der Waals surface area contributed by atoms with Crippen LogP contribution in [0.25, 0.3) is 10.9 Å². The standard InChI is InChI=1S/C20H24FN3O2/c21-16-5-6-17-18(11-16)22-13-24(20(17)26)12-14-7-9-23(10-8-14)19(25)15-3-1-2-4-15/h5-6,11,13-15H,1-4,7-10,12H2. The number of hydrogen-bond donors (Lipinski definition) is 0. The highest BCUT2D eigenvalue weighted by Crippen LogP contribution is 2.28. The maximum atomic E-state index is 13.3. The summed E-state index contributed by atoms with van der Waals surface area (Å²) >= 11 is 0. The highest BCUT2D eigenvalue weighted by Gasteiger charge is 2.30. The smallest absolute Gasteiger partial charge is 0.261 e. The number of benzene rings is 1. The number of aromatic nitrogens is 2. The topological polar surface area (TPSA) is 55.2 Å². The minimum Gasteiger partial charge on any atom is -0.342 e. The number of fused-ring (bicyclic) bond motifs is 1. The minimum absolute atomic E-state index is 0.125. The van der Waals surface area contributed by atoms with Crippen LogP contribution in [0, 0.1) is 17.7 Å². The summed E-state index contributed by atoms with van der Waals surface area (Å²) in [5, 5.41) is 0.447. The predicted molar refractivity (Wildman–Crippen MR) is 97.2 cm³/mol. The van der Waals surface area contributed by atoms with E-state index in [-0.39, 0.29) is 17.3 Å². The van der Waals surface area contributed by atoms with E-state index in [0.717, 1.165) is 38.8 Å². The molecule has 26 heavy (non-hydrogen) atoms. The average Bonchev–Trinajstić information content (AvgIpc) is 3.19. The fourth-order valence-corrected chi connectivity index (χ4v) is 4.31. The monoisotopic (exact) mass is 357 g/mol. The third-order valence-electron chi connectivity index (χ3n) is 5.87. The SMILES string of the molecule is O=C(C1CCCC1)N1CCC(Cn2cnc3cc(F)ccc3c2=O)CC1. The number of amides is 1. The number of likely N-dealkylation sites (tertiary alicyclic amines) is 1. The molecule has 0 spiro atoms. The predicted octanol–water partition coefficient (Wildman–Crippen LogP) is 2.96. The summed E-state index contributed by atoms with van der Waals surface area (Å²) in [6.45, 7) is 2.16. The third kappa shape index (κ3) is 3.37. The lowest BCUT2D eigenvalue weighted by Crippen LogP contribution is -2.42. The fraction of sp³-hybridized carbons (Fsp3) is 0.550. The van der Waals surface area contributed by atoms with Gasteiger partial charge in [-0.1, -0.05) is 12.8 Å². The number of halogens is 1. The van der Waals surface area contributed by atoms with Crippen molar-refractivity contribution < 1.29 is 9.18 Å². The Morgan fingerprint density at radius 3 is 2.62 bits per heavy atom. The molecule has 0 bridgehead atoms. The van der Waals surface area contributed by atoms with Crippen molar-refractivity contribution in [2.45, 2.75) is 45.1 Å². The molecule has 1 amide bonds. The first-order valence-electron chi connectivity index (χ1n) is 9.55. The van der Waals surface area contributed by atoms with Crippen molar-refractivity contribution in [3.8, 4) is 0 Å². The Kier molecular flexibility index (Phi) is 4.74. The molecule has 1 aliphatic carbocycles. The van der Waals surface area contributed by atoms with Gasteiger partial charge in [0.1, 0.15) is 5.82 Å². The first-order chi connectivity index (χ1) is 12.6. The molecule has 1 aromatic heterocycles. The molecule has 138 valence electrons. The van der Waals surface area contributed by atoms with E-state index >= 15 is 0 Å². The lowest BCUT2D eigenvalue weighted by atomic mass is 9.95. The van der Waals surface area contributed by atoms with Crippen molar-refractivity contribution in [3.05, 3.63) is 40.7 Å². The number of hydrogen-bond acceptors (Lipinski definition) is 3. The van der Waals surface area contributed by atoms with Crippen LogP contribution in [-0.4, -0.2) is 33.4 Å². The van der Waals surface area contributed by atoms with E-state index in [0.29, 0.717) is 29.3 Å². The van der Waals surface area contributed by atoms with Crippen molar-refractivity contribution in [1.82, 2.24) is 14.5 Å². The highest BCUT2D eigenvalue weighted by molar-refractivity contribution is 5.79. The van der Waals surface area contributed by atoms with Crippen LogP contribution < -0.4 is 5.56 Å². The van der Waals surface area contributed by atoms with Gasteiger partial charge < -0.3 is 4.90 Å². The molecule has 5 nitrogen and oxygen atoms in total. The number of rotatable bonds is 3.